The van der Waals surface area contributed by atoms with Gasteiger partial charge in [0.1, 0.15) is 22.5 Å². The minimum atomic E-state index is -0.360. The Morgan fingerprint density at radius 3 is 2.81 bits per heavy atom. The van der Waals surface area contributed by atoms with Gasteiger partial charge in [0, 0.05) is 46.5 Å². The number of thiophene rings is 1. The summed E-state index contributed by atoms with van der Waals surface area (Å²) in [7, 11) is 0. The average molecular weight is 510 g/mol. The number of hydrogen-bond acceptors (Lipinski definition) is 6. The number of hydrogen-bond donors (Lipinski definition) is 2. The molecule has 0 radical (unpaired) electrons. The summed E-state index contributed by atoms with van der Waals surface area (Å²) >= 11 is 1.65. The van der Waals surface area contributed by atoms with Gasteiger partial charge >= 0.3 is 0 Å². The third-order valence-corrected chi connectivity index (χ3v) is 7.91. The maximum atomic E-state index is 15.2. The van der Waals surface area contributed by atoms with Crippen molar-refractivity contribution in [2.75, 3.05) is 13.1 Å². The minimum Gasteiger partial charge on any atom is -0.321 e. The van der Waals surface area contributed by atoms with Gasteiger partial charge in [-0.1, -0.05) is 12.5 Å². The van der Waals surface area contributed by atoms with Crippen LogP contribution in [0.2, 0.25) is 0 Å². The zero-order valence-electron chi connectivity index (χ0n) is 20.0. The Balaban J connectivity index is 1.29. The molecule has 7 rings (SSSR count). The van der Waals surface area contributed by atoms with Crippen LogP contribution in [0.15, 0.2) is 60.4 Å². The summed E-state index contributed by atoms with van der Waals surface area (Å²) in [4.78, 5) is 20.6. The second kappa shape index (κ2) is 9.17. The number of rotatable bonds is 5. The zero-order valence-corrected chi connectivity index (χ0v) is 20.9. The smallest absolute Gasteiger partial charge is 0.160 e. The topological polar surface area (TPSA) is 86.4 Å². The molecule has 0 aliphatic carbocycles. The van der Waals surface area contributed by atoms with Gasteiger partial charge in [-0.2, -0.15) is 5.10 Å². The number of benzene rings is 1. The van der Waals surface area contributed by atoms with E-state index < -0.39 is 0 Å². The summed E-state index contributed by atoms with van der Waals surface area (Å²) in [5.74, 6) is 0.187. The van der Waals surface area contributed by atoms with Crippen LogP contribution in [0.4, 0.5) is 4.39 Å². The van der Waals surface area contributed by atoms with Crippen LogP contribution in [-0.4, -0.2) is 48.1 Å². The number of aromatic amines is 2. The van der Waals surface area contributed by atoms with Gasteiger partial charge < -0.3 is 4.98 Å². The first-order chi connectivity index (χ1) is 18.2. The molecule has 6 heterocycles. The number of nitrogens with one attached hydrogen (secondary N) is 2. The molecule has 0 bridgehead atoms. The summed E-state index contributed by atoms with van der Waals surface area (Å²) in [5.41, 5.74) is 6.13. The van der Waals surface area contributed by atoms with E-state index in [1.54, 1.807) is 29.8 Å². The molecule has 1 saturated heterocycles. The van der Waals surface area contributed by atoms with E-state index in [9.17, 15) is 0 Å². The molecular formula is C28H24FN7S. The molecule has 0 saturated carbocycles. The Labute approximate surface area is 216 Å². The first kappa shape index (κ1) is 22.3. The third kappa shape index (κ3) is 4.10. The molecule has 5 aromatic heterocycles. The van der Waals surface area contributed by atoms with Gasteiger partial charge in [0.05, 0.1) is 0 Å². The standard InChI is InChI=1S/C28H24FN7S/c29-22-13-18(19-11-17(14-30-15-19)16-36-8-2-1-3-9-36)12-21-24(22)34-35-26(21)28-32-25-20(23-5-4-10-37-23)6-7-31-27(25)33-28/h4-7,10-15H,1-3,8-9,16H2,(H,34,35)(H,31,32,33). The van der Waals surface area contributed by atoms with E-state index in [2.05, 4.69) is 42.2 Å². The van der Waals surface area contributed by atoms with Gasteiger partial charge in [0.15, 0.2) is 11.5 Å². The third-order valence-electron chi connectivity index (χ3n) is 7.00. The summed E-state index contributed by atoms with van der Waals surface area (Å²) in [6.07, 6.45) is 9.25. The van der Waals surface area contributed by atoms with Gasteiger partial charge in [-0.25, -0.2) is 14.4 Å². The maximum Gasteiger partial charge on any atom is 0.160 e. The lowest BCUT2D eigenvalue weighted by molar-refractivity contribution is 0.220. The Morgan fingerprint density at radius 2 is 1.95 bits per heavy atom. The maximum absolute atomic E-state index is 15.2. The number of likely N-dealkylation sites (tertiary alicyclic amines) is 1. The van der Waals surface area contributed by atoms with E-state index in [0.29, 0.717) is 28.1 Å². The molecule has 1 aromatic carbocycles. The van der Waals surface area contributed by atoms with Crippen molar-refractivity contribution in [3.8, 4) is 33.1 Å². The van der Waals surface area contributed by atoms with E-state index in [4.69, 9.17) is 4.98 Å². The Morgan fingerprint density at radius 1 is 1.03 bits per heavy atom. The fourth-order valence-electron chi connectivity index (χ4n) is 5.19. The van der Waals surface area contributed by atoms with Crippen LogP contribution in [0, 0.1) is 5.82 Å². The zero-order chi connectivity index (χ0) is 24.8. The Bertz CT molecular complexity index is 1710. The minimum absolute atomic E-state index is 0.350. The van der Waals surface area contributed by atoms with Crippen LogP contribution in [0.1, 0.15) is 24.8 Å². The molecule has 184 valence electrons. The quantitative estimate of drug-likeness (QED) is 0.280. The highest BCUT2D eigenvalue weighted by Crippen LogP contribution is 2.34. The lowest BCUT2D eigenvalue weighted by atomic mass is 10.0. The second-order valence-electron chi connectivity index (χ2n) is 9.49. The highest BCUT2D eigenvalue weighted by atomic mass is 32.1. The molecule has 2 N–H and O–H groups in total. The van der Waals surface area contributed by atoms with Crippen LogP contribution in [0.3, 0.4) is 0 Å². The normalized spacial score (nSPS) is 14.6. The highest BCUT2D eigenvalue weighted by Gasteiger charge is 2.19. The molecule has 0 spiro atoms. The summed E-state index contributed by atoms with van der Waals surface area (Å²) in [6, 6.07) is 11.7. The van der Waals surface area contributed by atoms with E-state index in [-0.39, 0.29) is 5.82 Å². The Kier molecular flexibility index (Phi) is 5.52. The number of halogens is 1. The van der Waals surface area contributed by atoms with Gasteiger partial charge in [-0.15, -0.1) is 11.3 Å². The molecule has 0 atom stereocenters. The van der Waals surface area contributed by atoms with Crippen molar-refractivity contribution >= 4 is 33.4 Å². The fourth-order valence-corrected chi connectivity index (χ4v) is 5.94. The van der Waals surface area contributed by atoms with E-state index in [0.717, 1.165) is 52.3 Å². The van der Waals surface area contributed by atoms with Crippen LogP contribution in [-0.2, 0) is 6.54 Å². The molecule has 1 fully saturated rings. The molecule has 6 aromatic rings. The lowest BCUT2D eigenvalue weighted by Gasteiger charge is -2.26. The number of piperidine rings is 1. The highest BCUT2D eigenvalue weighted by molar-refractivity contribution is 7.13. The van der Waals surface area contributed by atoms with Crippen LogP contribution in [0.5, 0.6) is 0 Å². The molecule has 7 nitrogen and oxygen atoms in total. The van der Waals surface area contributed by atoms with Gasteiger partial charge in [0.2, 0.25) is 0 Å². The Hall–Kier alpha value is -3.95. The number of aromatic nitrogens is 6. The van der Waals surface area contributed by atoms with Gasteiger partial charge in [0.25, 0.3) is 0 Å². The van der Waals surface area contributed by atoms with Crippen LogP contribution in [0.25, 0.3) is 55.2 Å². The first-order valence-electron chi connectivity index (χ1n) is 12.5. The molecular weight excluding hydrogens is 485 g/mol. The molecule has 0 unspecified atom stereocenters. The van der Waals surface area contributed by atoms with Crippen molar-refractivity contribution in [1.82, 2.24) is 35.0 Å². The predicted molar refractivity (Wildman–Crippen MR) is 145 cm³/mol. The second-order valence-corrected chi connectivity index (χ2v) is 10.4. The monoisotopic (exact) mass is 509 g/mol. The number of fused-ring (bicyclic) bond motifs is 2. The van der Waals surface area contributed by atoms with E-state index in [1.165, 1.54) is 19.3 Å². The van der Waals surface area contributed by atoms with Crippen molar-refractivity contribution in [1.29, 1.82) is 0 Å². The van der Waals surface area contributed by atoms with E-state index in [1.807, 2.05) is 29.8 Å². The van der Waals surface area contributed by atoms with Gasteiger partial charge in [-0.05, 0) is 72.8 Å². The summed E-state index contributed by atoms with van der Waals surface area (Å²) in [6.45, 7) is 3.09. The number of H-pyrrole nitrogens is 2. The largest absolute Gasteiger partial charge is 0.321 e. The predicted octanol–water partition coefficient (Wildman–Crippen LogP) is 6.42. The number of imidazole rings is 1. The SMILES string of the molecule is Fc1cc(-c2cncc(CN3CCCCC3)c2)cc2c(-c3nc4c(-c5cccs5)ccnc4[nH]3)n[nH]c12. The summed E-state index contributed by atoms with van der Waals surface area (Å²) in [5, 5.41) is 10.00. The number of nitrogens with zero attached hydrogens (tertiary/aromatic N) is 5. The van der Waals surface area contributed by atoms with Crippen molar-refractivity contribution < 1.29 is 4.39 Å². The average Bonchev–Trinajstić information content (AvgIpc) is 3.69. The lowest BCUT2D eigenvalue weighted by Crippen LogP contribution is -2.29. The molecule has 0 amide bonds. The number of pyridine rings is 2. The first-order valence-corrected chi connectivity index (χ1v) is 13.3. The van der Waals surface area contributed by atoms with Gasteiger partial charge in [-0.3, -0.25) is 15.0 Å². The molecule has 1 aliphatic rings. The van der Waals surface area contributed by atoms with Crippen molar-refractivity contribution in [3.63, 3.8) is 0 Å². The molecule has 37 heavy (non-hydrogen) atoms. The van der Waals surface area contributed by atoms with Crippen molar-refractivity contribution in [3.05, 3.63) is 71.7 Å². The fraction of sp³-hybridized carbons (Fsp3) is 0.214. The molecule has 9 heteroatoms. The van der Waals surface area contributed by atoms with E-state index >= 15 is 4.39 Å². The molecule has 1 aliphatic heterocycles. The van der Waals surface area contributed by atoms with Crippen LogP contribution >= 0.6 is 11.3 Å². The van der Waals surface area contributed by atoms with Crippen molar-refractivity contribution in [2.24, 2.45) is 0 Å². The van der Waals surface area contributed by atoms with Crippen LogP contribution < -0.4 is 0 Å². The summed E-state index contributed by atoms with van der Waals surface area (Å²) < 4.78 is 15.2. The van der Waals surface area contributed by atoms with Crippen molar-refractivity contribution in [2.45, 2.75) is 25.8 Å².